The summed E-state index contributed by atoms with van der Waals surface area (Å²) in [5.41, 5.74) is 0.954. The molecule has 1 aromatic heterocycles. The first-order valence-electron chi connectivity index (χ1n) is 8.08. The van der Waals surface area contributed by atoms with Gasteiger partial charge in [0.2, 0.25) is 0 Å². The summed E-state index contributed by atoms with van der Waals surface area (Å²) in [5, 5.41) is 12.3. The summed E-state index contributed by atoms with van der Waals surface area (Å²) < 4.78 is 5.73. The lowest BCUT2D eigenvalue weighted by Crippen LogP contribution is -2.45. The van der Waals surface area contributed by atoms with E-state index in [1.807, 2.05) is 26.0 Å². The number of amides is 1. The van der Waals surface area contributed by atoms with E-state index >= 15 is 0 Å². The highest BCUT2D eigenvalue weighted by molar-refractivity contribution is 6.32. The van der Waals surface area contributed by atoms with E-state index < -0.39 is 0 Å². The van der Waals surface area contributed by atoms with Crippen molar-refractivity contribution < 1.29 is 14.6 Å². The Morgan fingerprint density at radius 1 is 1.28 bits per heavy atom. The molecule has 2 unspecified atom stereocenters. The summed E-state index contributed by atoms with van der Waals surface area (Å²) in [6, 6.07) is 8.01. The predicted octanol–water partition coefficient (Wildman–Crippen LogP) is 3.31. The first-order valence-corrected chi connectivity index (χ1v) is 8.46. The van der Waals surface area contributed by atoms with Gasteiger partial charge >= 0.3 is 0 Å². The normalized spacial score (nSPS) is 20.4. The molecule has 132 valence electrons. The van der Waals surface area contributed by atoms with Crippen molar-refractivity contribution in [2.45, 2.75) is 26.1 Å². The van der Waals surface area contributed by atoms with Crippen LogP contribution in [0.25, 0.3) is 0 Å². The molecule has 0 radical (unpaired) electrons. The van der Waals surface area contributed by atoms with Crippen molar-refractivity contribution in [3.63, 3.8) is 0 Å². The Morgan fingerprint density at radius 3 is 2.60 bits per heavy atom. The Bertz CT molecular complexity index is 757. The Kier molecular flexibility index (Phi) is 5.11. The molecule has 1 amide bonds. The van der Waals surface area contributed by atoms with Gasteiger partial charge in [-0.3, -0.25) is 4.79 Å². The van der Waals surface area contributed by atoms with E-state index in [2.05, 4.69) is 15.2 Å². The van der Waals surface area contributed by atoms with Crippen molar-refractivity contribution in [3.8, 4) is 5.75 Å². The molecule has 1 aliphatic heterocycles. The van der Waals surface area contributed by atoms with Crippen molar-refractivity contribution in [2.75, 3.05) is 23.3 Å². The van der Waals surface area contributed by atoms with Crippen LogP contribution in [0.15, 0.2) is 36.5 Å². The van der Waals surface area contributed by atoms with Gasteiger partial charge in [0, 0.05) is 18.7 Å². The lowest BCUT2D eigenvalue weighted by molar-refractivity contribution is -0.00545. The molecular weight excluding hydrogens is 342 g/mol. The number of carbonyl (C=O) groups excluding carboxylic acids is 1. The van der Waals surface area contributed by atoms with E-state index in [1.54, 1.807) is 6.20 Å². The van der Waals surface area contributed by atoms with Gasteiger partial charge in [0.15, 0.2) is 0 Å². The summed E-state index contributed by atoms with van der Waals surface area (Å²) in [6.07, 6.45) is 1.94. The Morgan fingerprint density at radius 2 is 2.00 bits per heavy atom. The number of benzene rings is 1. The van der Waals surface area contributed by atoms with Crippen LogP contribution in [0.5, 0.6) is 5.75 Å². The lowest BCUT2D eigenvalue weighted by Gasteiger charge is -2.36. The van der Waals surface area contributed by atoms with Crippen molar-refractivity contribution in [3.05, 3.63) is 47.1 Å². The molecule has 3 rings (SSSR count). The molecule has 1 aliphatic rings. The number of halogens is 1. The van der Waals surface area contributed by atoms with Crippen LogP contribution in [0.2, 0.25) is 5.02 Å². The highest BCUT2D eigenvalue weighted by Gasteiger charge is 2.23. The molecule has 0 spiro atoms. The average Bonchev–Trinajstić information content (AvgIpc) is 2.57. The van der Waals surface area contributed by atoms with Gasteiger partial charge in [0.1, 0.15) is 11.6 Å². The van der Waals surface area contributed by atoms with Crippen LogP contribution in [-0.2, 0) is 4.74 Å². The third kappa shape index (κ3) is 4.21. The largest absolute Gasteiger partial charge is 0.506 e. The van der Waals surface area contributed by atoms with Crippen molar-refractivity contribution >= 4 is 29.0 Å². The summed E-state index contributed by atoms with van der Waals surface area (Å²) in [4.78, 5) is 18.9. The minimum atomic E-state index is -0.315. The Labute approximate surface area is 151 Å². The molecule has 0 saturated carbocycles. The zero-order chi connectivity index (χ0) is 18.0. The van der Waals surface area contributed by atoms with Gasteiger partial charge in [-0.25, -0.2) is 4.98 Å². The quantitative estimate of drug-likeness (QED) is 0.877. The number of nitrogens with one attached hydrogen (secondary N) is 1. The zero-order valence-electron chi connectivity index (χ0n) is 14.1. The van der Waals surface area contributed by atoms with Crippen LogP contribution >= 0.6 is 11.6 Å². The molecular formula is C18H20ClN3O3. The SMILES string of the molecule is CC1CN(c2ccc(NC(=O)c3ccc(O)c(Cl)c3)cn2)CC(C)O1. The fraction of sp³-hybridized carbons (Fsp3) is 0.333. The molecule has 2 atom stereocenters. The van der Waals surface area contributed by atoms with Crippen molar-refractivity contribution in [1.29, 1.82) is 0 Å². The van der Waals surface area contributed by atoms with Gasteiger partial charge in [-0.2, -0.15) is 0 Å². The van der Waals surface area contributed by atoms with Crippen molar-refractivity contribution in [2.24, 2.45) is 0 Å². The van der Waals surface area contributed by atoms with Crippen LogP contribution in [0.4, 0.5) is 11.5 Å². The van der Waals surface area contributed by atoms with Crippen LogP contribution in [-0.4, -0.2) is 41.3 Å². The first kappa shape index (κ1) is 17.5. The molecule has 1 aromatic carbocycles. The number of rotatable bonds is 3. The number of aromatic hydroxyl groups is 1. The Balaban J connectivity index is 1.68. The molecule has 1 saturated heterocycles. The molecule has 25 heavy (non-hydrogen) atoms. The molecule has 2 heterocycles. The second-order valence-electron chi connectivity index (χ2n) is 6.19. The lowest BCUT2D eigenvalue weighted by atomic mass is 10.2. The third-order valence-electron chi connectivity index (χ3n) is 3.96. The van der Waals surface area contributed by atoms with Crippen molar-refractivity contribution in [1.82, 2.24) is 4.98 Å². The number of morpholine rings is 1. The number of anilines is 2. The molecule has 1 fully saturated rings. The number of carbonyl (C=O) groups is 1. The van der Waals surface area contributed by atoms with E-state index in [4.69, 9.17) is 16.3 Å². The fourth-order valence-electron chi connectivity index (χ4n) is 2.86. The topological polar surface area (TPSA) is 74.7 Å². The summed E-state index contributed by atoms with van der Waals surface area (Å²) in [7, 11) is 0. The highest BCUT2D eigenvalue weighted by atomic mass is 35.5. The van der Waals surface area contributed by atoms with Crippen LogP contribution in [0.1, 0.15) is 24.2 Å². The number of aromatic nitrogens is 1. The number of phenolic OH excluding ortho intramolecular Hbond substituents is 1. The maximum atomic E-state index is 12.2. The molecule has 7 heteroatoms. The highest BCUT2D eigenvalue weighted by Crippen LogP contribution is 2.24. The number of hydrogen-bond acceptors (Lipinski definition) is 5. The average molecular weight is 362 g/mol. The van der Waals surface area contributed by atoms with E-state index in [1.165, 1.54) is 18.2 Å². The molecule has 0 bridgehead atoms. The minimum Gasteiger partial charge on any atom is -0.506 e. The summed E-state index contributed by atoms with van der Waals surface area (Å²) in [6.45, 7) is 5.66. The fourth-order valence-corrected chi connectivity index (χ4v) is 3.04. The standard InChI is InChI=1S/C18H20ClN3O3/c1-11-9-22(10-12(2)25-11)17-6-4-14(8-20-17)21-18(24)13-3-5-16(23)15(19)7-13/h3-8,11-12,23H,9-10H2,1-2H3,(H,21,24). The smallest absolute Gasteiger partial charge is 0.255 e. The predicted molar refractivity (Wildman–Crippen MR) is 97.5 cm³/mol. The number of phenols is 1. The third-order valence-corrected chi connectivity index (χ3v) is 4.26. The van der Waals surface area contributed by atoms with Gasteiger partial charge in [-0.1, -0.05) is 11.6 Å². The van der Waals surface area contributed by atoms with E-state index in [-0.39, 0.29) is 28.9 Å². The first-order chi connectivity index (χ1) is 11.9. The van der Waals surface area contributed by atoms with Crippen LogP contribution in [0, 0.1) is 0 Å². The van der Waals surface area contributed by atoms with Crippen LogP contribution < -0.4 is 10.2 Å². The second kappa shape index (κ2) is 7.29. The monoisotopic (exact) mass is 361 g/mol. The molecule has 0 aliphatic carbocycles. The van der Waals surface area contributed by atoms with Gasteiger partial charge in [0.25, 0.3) is 5.91 Å². The van der Waals surface area contributed by atoms with Gasteiger partial charge in [0.05, 0.1) is 29.1 Å². The number of hydrogen-bond donors (Lipinski definition) is 2. The minimum absolute atomic E-state index is 0.0572. The summed E-state index contributed by atoms with van der Waals surface area (Å²) >= 11 is 5.83. The molecule has 2 N–H and O–H groups in total. The van der Waals surface area contributed by atoms with Gasteiger partial charge < -0.3 is 20.1 Å². The van der Waals surface area contributed by atoms with E-state index in [0.29, 0.717) is 11.3 Å². The van der Waals surface area contributed by atoms with E-state index in [9.17, 15) is 9.90 Å². The number of pyridine rings is 1. The molecule has 2 aromatic rings. The Hall–Kier alpha value is -2.31. The van der Waals surface area contributed by atoms with Gasteiger partial charge in [-0.15, -0.1) is 0 Å². The molecule has 6 nitrogen and oxygen atoms in total. The van der Waals surface area contributed by atoms with Gasteiger partial charge in [-0.05, 0) is 44.2 Å². The maximum absolute atomic E-state index is 12.2. The zero-order valence-corrected chi connectivity index (χ0v) is 14.8. The number of nitrogens with zero attached hydrogens (tertiary/aromatic N) is 2. The van der Waals surface area contributed by atoms with E-state index in [0.717, 1.165) is 18.9 Å². The summed E-state index contributed by atoms with van der Waals surface area (Å²) in [5.74, 6) is 0.482. The maximum Gasteiger partial charge on any atom is 0.255 e. The second-order valence-corrected chi connectivity index (χ2v) is 6.59. The number of ether oxygens (including phenoxy) is 1. The van der Waals surface area contributed by atoms with Crippen LogP contribution in [0.3, 0.4) is 0 Å².